The predicted octanol–water partition coefficient (Wildman–Crippen LogP) is 0.944. The van der Waals surface area contributed by atoms with Gasteiger partial charge in [0.05, 0.1) is 13.2 Å². The van der Waals surface area contributed by atoms with Gasteiger partial charge in [-0.05, 0) is 40.2 Å². The van der Waals surface area contributed by atoms with Crippen molar-refractivity contribution in [3.63, 3.8) is 0 Å². The molecule has 0 spiro atoms. The van der Waals surface area contributed by atoms with E-state index in [0.29, 0.717) is 32.8 Å². The molecule has 0 bridgehead atoms. The van der Waals surface area contributed by atoms with Gasteiger partial charge >= 0.3 is 5.97 Å². The van der Waals surface area contributed by atoms with E-state index in [0.717, 1.165) is 26.1 Å². The molecular weight excluding hydrogens is 260 g/mol. The molecule has 1 unspecified atom stereocenters. The van der Waals surface area contributed by atoms with Gasteiger partial charge in [0.15, 0.2) is 0 Å². The first kappa shape index (κ1) is 19.3. The van der Waals surface area contributed by atoms with E-state index in [1.807, 2.05) is 13.8 Å². The Labute approximate surface area is 122 Å². The molecule has 0 fully saturated rings. The summed E-state index contributed by atoms with van der Waals surface area (Å²) in [6, 6.07) is 0. The van der Waals surface area contributed by atoms with Crippen molar-refractivity contribution in [1.29, 1.82) is 0 Å². The molecule has 120 valence electrons. The van der Waals surface area contributed by atoms with Crippen LogP contribution in [0.15, 0.2) is 0 Å². The van der Waals surface area contributed by atoms with E-state index in [1.165, 1.54) is 0 Å². The fourth-order valence-electron chi connectivity index (χ4n) is 1.79. The van der Waals surface area contributed by atoms with Crippen molar-refractivity contribution in [2.75, 3.05) is 46.1 Å². The smallest absolute Gasteiger partial charge is 0.323 e. The number of carbonyl (C=O) groups is 1. The SMILES string of the molecule is CCOCCN(CCCC(C)(N)C(=O)O)CCOCC. The molecule has 0 aromatic rings. The second-order valence-electron chi connectivity index (χ2n) is 5.06. The minimum absolute atomic E-state index is 0.460. The van der Waals surface area contributed by atoms with Crippen LogP contribution in [0.3, 0.4) is 0 Å². The highest BCUT2D eigenvalue weighted by Crippen LogP contribution is 2.09. The topological polar surface area (TPSA) is 85.0 Å². The Hall–Kier alpha value is -0.690. The third-order valence-corrected chi connectivity index (χ3v) is 3.17. The van der Waals surface area contributed by atoms with Gasteiger partial charge in [0.2, 0.25) is 0 Å². The number of aliphatic carboxylic acids is 1. The lowest BCUT2D eigenvalue weighted by Gasteiger charge is -2.24. The van der Waals surface area contributed by atoms with Gasteiger partial charge in [-0.3, -0.25) is 9.69 Å². The zero-order valence-electron chi connectivity index (χ0n) is 13.1. The van der Waals surface area contributed by atoms with Crippen LogP contribution < -0.4 is 5.73 Å². The molecule has 3 N–H and O–H groups in total. The molecule has 0 saturated carbocycles. The molecule has 0 rings (SSSR count). The maximum absolute atomic E-state index is 10.9. The summed E-state index contributed by atoms with van der Waals surface area (Å²) in [5.41, 5.74) is 4.57. The first-order valence-electron chi connectivity index (χ1n) is 7.34. The van der Waals surface area contributed by atoms with Crippen molar-refractivity contribution in [1.82, 2.24) is 4.90 Å². The minimum Gasteiger partial charge on any atom is -0.480 e. The van der Waals surface area contributed by atoms with Gasteiger partial charge in [0.1, 0.15) is 5.54 Å². The average molecular weight is 290 g/mol. The summed E-state index contributed by atoms with van der Waals surface area (Å²) in [7, 11) is 0. The van der Waals surface area contributed by atoms with Crippen LogP contribution in [-0.2, 0) is 14.3 Å². The standard InChI is InChI=1S/C14H30N2O4/c1-4-19-11-9-16(10-12-20-5-2)8-6-7-14(3,15)13(17)18/h4-12,15H2,1-3H3,(H,17,18). The van der Waals surface area contributed by atoms with E-state index in [4.69, 9.17) is 20.3 Å². The molecule has 0 amide bonds. The van der Waals surface area contributed by atoms with Crippen LogP contribution in [0.2, 0.25) is 0 Å². The second-order valence-corrected chi connectivity index (χ2v) is 5.06. The molecular formula is C14H30N2O4. The highest BCUT2D eigenvalue weighted by atomic mass is 16.5. The summed E-state index contributed by atoms with van der Waals surface area (Å²) in [6.45, 7) is 10.7. The summed E-state index contributed by atoms with van der Waals surface area (Å²) in [5, 5.41) is 8.97. The summed E-state index contributed by atoms with van der Waals surface area (Å²) < 4.78 is 10.7. The Morgan fingerprint density at radius 3 is 2.05 bits per heavy atom. The number of rotatable bonds is 13. The first-order chi connectivity index (χ1) is 9.44. The van der Waals surface area contributed by atoms with Gasteiger partial charge in [-0.2, -0.15) is 0 Å². The zero-order valence-corrected chi connectivity index (χ0v) is 13.1. The van der Waals surface area contributed by atoms with Crippen molar-refractivity contribution in [3.8, 4) is 0 Å². The normalized spacial score (nSPS) is 14.4. The summed E-state index contributed by atoms with van der Waals surface area (Å²) >= 11 is 0. The monoisotopic (exact) mass is 290 g/mol. The predicted molar refractivity (Wildman–Crippen MR) is 78.9 cm³/mol. The summed E-state index contributed by atoms with van der Waals surface area (Å²) in [6.07, 6.45) is 1.21. The fourth-order valence-corrected chi connectivity index (χ4v) is 1.79. The maximum atomic E-state index is 10.9. The third-order valence-electron chi connectivity index (χ3n) is 3.17. The van der Waals surface area contributed by atoms with Gasteiger partial charge in [-0.15, -0.1) is 0 Å². The van der Waals surface area contributed by atoms with Gasteiger partial charge in [0, 0.05) is 26.3 Å². The molecule has 0 aliphatic carbocycles. The molecule has 20 heavy (non-hydrogen) atoms. The second kappa shape index (κ2) is 11.0. The molecule has 0 aliphatic heterocycles. The van der Waals surface area contributed by atoms with E-state index >= 15 is 0 Å². The van der Waals surface area contributed by atoms with Crippen molar-refractivity contribution in [2.24, 2.45) is 5.73 Å². The Morgan fingerprint density at radius 1 is 1.15 bits per heavy atom. The van der Waals surface area contributed by atoms with E-state index < -0.39 is 11.5 Å². The van der Waals surface area contributed by atoms with Crippen LogP contribution >= 0.6 is 0 Å². The van der Waals surface area contributed by atoms with Gasteiger partial charge in [-0.25, -0.2) is 0 Å². The lowest BCUT2D eigenvalue weighted by Crippen LogP contribution is -2.45. The van der Waals surface area contributed by atoms with Crippen LogP contribution in [0.5, 0.6) is 0 Å². The Morgan fingerprint density at radius 2 is 1.65 bits per heavy atom. The molecule has 6 nitrogen and oxygen atoms in total. The van der Waals surface area contributed by atoms with E-state index in [-0.39, 0.29) is 0 Å². The number of nitrogens with two attached hydrogens (primary N) is 1. The Balaban J connectivity index is 4.03. The van der Waals surface area contributed by atoms with Crippen LogP contribution in [0.25, 0.3) is 0 Å². The fraction of sp³-hybridized carbons (Fsp3) is 0.929. The molecule has 0 radical (unpaired) electrons. The molecule has 0 saturated heterocycles. The van der Waals surface area contributed by atoms with Gasteiger partial charge < -0.3 is 20.3 Å². The largest absolute Gasteiger partial charge is 0.480 e. The lowest BCUT2D eigenvalue weighted by atomic mass is 9.97. The highest BCUT2D eigenvalue weighted by Gasteiger charge is 2.27. The summed E-state index contributed by atoms with van der Waals surface area (Å²) in [5.74, 6) is -0.951. The van der Waals surface area contributed by atoms with Crippen LogP contribution in [0.4, 0.5) is 0 Å². The number of ether oxygens (including phenoxy) is 2. The molecule has 0 aromatic heterocycles. The molecule has 0 heterocycles. The van der Waals surface area contributed by atoms with Crippen molar-refractivity contribution in [3.05, 3.63) is 0 Å². The minimum atomic E-state index is -1.15. The summed E-state index contributed by atoms with van der Waals surface area (Å²) in [4.78, 5) is 13.2. The molecule has 0 aliphatic rings. The maximum Gasteiger partial charge on any atom is 0.323 e. The lowest BCUT2D eigenvalue weighted by molar-refractivity contribution is -0.143. The quantitative estimate of drug-likeness (QED) is 0.491. The van der Waals surface area contributed by atoms with Gasteiger partial charge in [0.25, 0.3) is 0 Å². The zero-order chi connectivity index (χ0) is 15.4. The third kappa shape index (κ3) is 9.25. The van der Waals surface area contributed by atoms with E-state index in [9.17, 15) is 4.79 Å². The van der Waals surface area contributed by atoms with E-state index in [1.54, 1.807) is 6.92 Å². The molecule has 0 aromatic carbocycles. The van der Waals surface area contributed by atoms with Crippen LogP contribution in [0, 0.1) is 0 Å². The molecule has 1 atom stereocenters. The van der Waals surface area contributed by atoms with Gasteiger partial charge in [-0.1, -0.05) is 0 Å². The highest BCUT2D eigenvalue weighted by molar-refractivity contribution is 5.77. The van der Waals surface area contributed by atoms with Crippen LogP contribution in [-0.4, -0.2) is 67.6 Å². The molecule has 6 heteroatoms. The Kier molecular flexibility index (Phi) is 10.6. The number of hydrogen-bond donors (Lipinski definition) is 2. The van der Waals surface area contributed by atoms with Crippen molar-refractivity contribution in [2.45, 2.75) is 39.2 Å². The van der Waals surface area contributed by atoms with Crippen molar-refractivity contribution < 1.29 is 19.4 Å². The number of carboxylic acid groups (broad SMARTS) is 1. The number of hydrogen-bond acceptors (Lipinski definition) is 5. The Bertz CT molecular complexity index is 250. The van der Waals surface area contributed by atoms with Crippen molar-refractivity contribution >= 4 is 5.97 Å². The first-order valence-corrected chi connectivity index (χ1v) is 7.34. The van der Waals surface area contributed by atoms with E-state index in [2.05, 4.69) is 4.90 Å². The number of carboxylic acids is 1. The van der Waals surface area contributed by atoms with Crippen LogP contribution in [0.1, 0.15) is 33.6 Å². The number of nitrogens with zero attached hydrogens (tertiary/aromatic N) is 1. The average Bonchev–Trinajstić information content (AvgIpc) is 2.38.